The highest BCUT2D eigenvalue weighted by molar-refractivity contribution is 7.47. The van der Waals surface area contributed by atoms with Gasteiger partial charge in [-0.05, 0) is 64.2 Å². The van der Waals surface area contributed by atoms with Crippen LogP contribution in [0, 0.1) is 0 Å². The Kier molecular flexibility index (Phi) is 73.6. The lowest BCUT2D eigenvalue weighted by Gasteiger charge is -2.21. The van der Waals surface area contributed by atoms with E-state index in [4.69, 9.17) is 37.0 Å². The Morgan fingerprint density at radius 2 is 0.500 bits per heavy atom. The molecule has 17 nitrogen and oxygen atoms in total. The summed E-state index contributed by atoms with van der Waals surface area (Å²) in [6.07, 6.45) is 76.3. The van der Waals surface area contributed by atoms with Crippen LogP contribution in [-0.4, -0.2) is 96.7 Å². The van der Waals surface area contributed by atoms with Crippen LogP contribution in [0.25, 0.3) is 0 Å². The van der Waals surface area contributed by atoms with Crippen LogP contribution in [0.2, 0.25) is 0 Å². The van der Waals surface area contributed by atoms with Crippen LogP contribution < -0.4 is 0 Å². The number of carbonyl (C=O) groups excluding carboxylic acids is 4. The van der Waals surface area contributed by atoms with Crippen molar-refractivity contribution in [2.24, 2.45) is 0 Å². The van der Waals surface area contributed by atoms with Gasteiger partial charge in [0.2, 0.25) is 0 Å². The molecule has 3 N–H and O–H groups in total. The number of allylic oxidation sites excluding steroid dienone is 10. The number of aliphatic hydroxyl groups is 1. The number of esters is 4. The molecular weight excluding hydrogens is 1330 g/mol. The minimum absolute atomic E-state index is 0.0228. The molecule has 0 rings (SSSR count). The highest BCUT2D eigenvalue weighted by Gasteiger charge is 2.30. The van der Waals surface area contributed by atoms with Crippen LogP contribution in [0.3, 0.4) is 0 Å². The third-order valence-electron chi connectivity index (χ3n) is 18.0. The standard InChI is InChI=1S/C83H152O17P2/c1-5-9-13-17-21-25-29-33-36-37-38-39-42-46-50-54-58-62-66-70-83(88)100-79(74-94-81(86)68-64-60-56-52-48-45-41-35-31-27-23-19-15-11-7-3)76-98-102(91,92)96-72-77(84)71-95-101(89,90)97-75-78(99-82(87)69-65-61-57-53-49-43-32-28-24-20-16-12-8-4)73-93-80(85)67-63-59-55-51-47-44-40-34-30-26-22-18-14-10-6-2/h21,25,33,36,38-39,46,50,58,62,77-79,84H,5-20,22-24,26-32,34-35,37,40-45,47-49,51-57,59-61,63-76H2,1-4H3,(H,89,90)(H,91,92)/b25-21-,36-33-,39-38-,50-46-,62-58-/t77-,78+,79+/m0/s1. The van der Waals surface area contributed by atoms with Gasteiger partial charge in [-0.1, -0.05) is 358 Å². The third-order valence-corrected chi connectivity index (χ3v) is 19.9. The van der Waals surface area contributed by atoms with Crippen molar-refractivity contribution in [1.29, 1.82) is 0 Å². The molecule has 0 aromatic carbocycles. The van der Waals surface area contributed by atoms with Crippen LogP contribution in [0.4, 0.5) is 0 Å². The van der Waals surface area contributed by atoms with E-state index in [1.165, 1.54) is 212 Å². The van der Waals surface area contributed by atoms with Gasteiger partial charge >= 0.3 is 39.5 Å². The molecule has 596 valence electrons. The maximum atomic E-state index is 13.1. The zero-order valence-corrected chi connectivity index (χ0v) is 67.1. The Morgan fingerprint density at radius 3 is 0.794 bits per heavy atom. The van der Waals surface area contributed by atoms with Crippen molar-refractivity contribution < 1.29 is 80.2 Å². The minimum atomic E-state index is -4.99. The summed E-state index contributed by atoms with van der Waals surface area (Å²) in [5.41, 5.74) is 0. The van der Waals surface area contributed by atoms with E-state index < -0.39 is 97.5 Å². The molecule has 0 aromatic heterocycles. The topological polar surface area (TPSA) is 237 Å². The molecule has 0 aromatic rings. The van der Waals surface area contributed by atoms with Crippen LogP contribution in [0.15, 0.2) is 60.8 Å². The zero-order valence-electron chi connectivity index (χ0n) is 65.3. The van der Waals surface area contributed by atoms with Crippen LogP contribution in [0.5, 0.6) is 0 Å². The molecule has 0 saturated heterocycles. The predicted molar refractivity (Wildman–Crippen MR) is 418 cm³/mol. The van der Waals surface area contributed by atoms with E-state index in [0.29, 0.717) is 32.1 Å². The fourth-order valence-electron chi connectivity index (χ4n) is 11.7. The fourth-order valence-corrected chi connectivity index (χ4v) is 13.3. The minimum Gasteiger partial charge on any atom is -0.462 e. The second kappa shape index (κ2) is 76.0. The number of aliphatic hydroxyl groups excluding tert-OH is 1. The fraction of sp³-hybridized carbons (Fsp3) is 0.831. The van der Waals surface area contributed by atoms with E-state index in [1.807, 2.05) is 18.2 Å². The molecular formula is C83H152O17P2. The molecule has 0 amide bonds. The molecule has 2 unspecified atom stereocenters. The van der Waals surface area contributed by atoms with Gasteiger partial charge in [0, 0.05) is 25.7 Å². The van der Waals surface area contributed by atoms with Crippen molar-refractivity contribution in [2.45, 2.75) is 406 Å². The highest BCUT2D eigenvalue weighted by Crippen LogP contribution is 2.45. The molecule has 0 heterocycles. The summed E-state index contributed by atoms with van der Waals surface area (Å²) in [5.74, 6) is -2.23. The molecule has 0 aliphatic rings. The average molecular weight is 1480 g/mol. The zero-order chi connectivity index (χ0) is 74.6. The summed E-state index contributed by atoms with van der Waals surface area (Å²) < 4.78 is 68.6. The van der Waals surface area contributed by atoms with Crippen molar-refractivity contribution >= 4 is 39.5 Å². The molecule has 5 atom stereocenters. The van der Waals surface area contributed by atoms with Crippen LogP contribution in [0.1, 0.15) is 387 Å². The molecule has 0 bridgehead atoms. The molecule has 0 saturated carbocycles. The van der Waals surface area contributed by atoms with Gasteiger partial charge in [0.05, 0.1) is 26.4 Å². The number of hydrogen-bond donors (Lipinski definition) is 3. The lowest BCUT2D eigenvalue weighted by atomic mass is 10.0. The highest BCUT2D eigenvalue weighted by atomic mass is 31.2. The molecule has 102 heavy (non-hydrogen) atoms. The van der Waals surface area contributed by atoms with Crippen molar-refractivity contribution in [3.63, 3.8) is 0 Å². The van der Waals surface area contributed by atoms with Gasteiger partial charge in [-0.25, -0.2) is 9.13 Å². The van der Waals surface area contributed by atoms with E-state index in [-0.39, 0.29) is 25.7 Å². The lowest BCUT2D eigenvalue weighted by Crippen LogP contribution is -2.30. The third kappa shape index (κ3) is 75.0. The Hall–Kier alpha value is -3.24. The Balaban J connectivity index is 5.37. The van der Waals surface area contributed by atoms with Gasteiger partial charge in [0.15, 0.2) is 12.2 Å². The first-order valence-electron chi connectivity index (χ1n) is 41.5. The number of phosphoric acid groups is 2. The first kappa shape index (κ1) is 98.8. The summed E-state index contributed by atoms with van der Waals surface area (Å²) in [5, 5.41) is 10.6. The molecule has 0 spiro atoms. The number of unbranched alkanes of at least 4 members (excludes halogenated alkanes) is 43. The average Bonchev–Trinajstić information content (AvgIpc) is 0.908. The monoisotopic (exact) mass is 1480 g/mol. The largest absolute Gasteiger partial charge is 0.472 e. The van der Waals surface area contributed by atoms with Gasteiger partial charge in [-0.2, -0.15) is 0 Å². The summed E-state index contributed by atoms with van der Waals surface area (Å²) in [7, 11) is -9.96. The SMILES string of the molecule is CCCCC/C=C\C/C=C\C/C=C\C/C=C\C/C=C\CCC(=O)O[C@H](COC(=O)CCCCCCCCCCCCCCCCC)COP(=O)(O)OC[C@@H](O)COP(=O)(O)OC[C@@H](COC(=O)CCCCCCCCCCCCCCCCC)OC(=O)CCCCCCCCCCCCCCC. The molecule has 0 aliphatic heterocycles. The number of phosphoric ester groups is 2. The van der Waals surface area contributed by atoms with E-state index in [1.54, 1.807) is 0 Å². The van der Waals surface area contributed by atoms with E-state index in [9.17, 15) is 43.2 Å². The smallest absolute Gasteiger partial charge is 0.462 e. The van der Waals surface area contributed by atoms with E-state index in [2.05, 4.69) is 70.2 Å². The first-order valence-corrected chi connectivity index (χ1v) is 44.5. The van der Waals surface area contributed by atoms with Crippen molar-refractivity contribution in [3.05, 3.63) is 60.8 Å². The van der Waals surface area contributed by atoms with Gasteiger partial charge in [0.25, 0.3) is 0 Å². The second-order valence-electron chi connectivity index (χ2n) is 28.1. The number of carbonyl (C=O) groups is 4. The van der Waals surface area contributed by atoms with Crippen LogP contribution >= 0.6 is 15.6 Å². The maximum Gasteiger partial charge on any atom is 0.472 e. The Morgan fingerprint density at radius 1 is 0.275 bits per heavy atom. The summed E-state index contributed by atoms with van der Waals surface area (Å²) >= 11 is 0. The van der Waals surface area contributed by atoms with E-state index in [0.717, 1.165) is 89.9 Å². The maximum absolute atomic E-state index is 13.1. The molecule has 0 radical (unpaired) electrons. The van der Waals surface area contributed by atoms with Gasteiger partial charge in [-0.3, -0.25) is 37.3 Å². The number of rotatable bonds is 79. The summed E-state index contributed by atoms with van der Waals surface area (Å²) in [6, 6.07) is 0. The van der Waals surface area contributed by atoms with Crippen molar-refractivity contribution in [2.75, 3.05) is 39.6 Å². The Bertz CT molecular complexity index is 2170. The van der Waals surface area contributed by atoms with Gasteiger partial charge in [0.1, 0.15) is 19.3 Å². The molecule has 0 fully saturated rings. The predicted octanol–water partition coefficient (Wildman–Crippen LogP) is 24.2. The van der Waals surface area contributed by atoms with Gasteiger partial charge in [-0.15, -0.1) is 0 Å². The number of hydrogen-bond acceptors (Lipinski definition) is 15. The number of ether oxygens (including phenoxy) is 4. The van der Waals surface area contributed by atoms with Gasteiger partial charge < -0.3 is 33.8 Å². The van der Waals surface area contributed by atoms with Crippen LogP contribution in [-0.2, 0) is 65.4 Å². The van der Waals surface area contributed by atoms with Crippen molar-refractivity contribution in [1.82, 2.24) is 0 Å². The summed E-state index contributed by atoms with van der Waals surface area (Å²) in [6.45, 7) is 4.86. The normalized spacial score (nSPS) is 14.1. The lowest BCUT2D eigenvalue weighted by molar-refractivity contribution is -0.161. The molecule has 0 aliphatic carbocycles. The molecule has 19 heteroatoms. The quantitative estimate of drug-likeness (QED) is 0.0169. The first-order chi connectivity index (χ1) is 49.7. The Labute approximate surface area is 622 Å². The van der Waals surface area contributed by atoms with E-state index >= 15 is 0 Å². The second-order valence-corrected chi connectivity index (χ2v) is 31.0. The summed E-state index contributed by atoms with van der Waals surface area (Å²) in [4.78, 5) is 73.0. The van der Waals surface area contributed by atoms with Crippen molar-refractivity contribution in [3.8, 4) is 0 Å².